The van der Waals surface area contributed by atoms with Gasteiger partial charge in [0.25, 0.3) is 5.91 Å². The SMILES string of the molecule is COC(=O)C1(CCc2ccc(OC)c(OC)c2)Sc2ccccc2N(CCN2CCCCC2)C1=O. The van der Waals surface area contributed by atoms with Crippen molar-refractivity contribution in [3.05, 3.63) is 48.0 Å². The molecule has 8 heteroatoms. The summed E-state index contributed by atoms with van der Waals surface area (Å²) in [6.45, 7) is 3.45. The van der Waals surface area contributed by atoms with Crippen LogP contribution < -0.4 is 14.4 Å². The van der Waals surface area contributed by atoms with Gasteiger partial charge in [-0.15, -0.1) is 0 Å². The number of thioether (sulfide) groups is 1. The first kappa shape index (κ1) is 25.4. The first-order chi connectivity index (χ1) is 17.0. The Morgan fingerprint density at radius 2 is 1.71 bits per heavy atom. The number of likely N-dealkylation sites (tertiary alicyclic amines) is 1. The zero-order valence-corrected chi connectivity index (χ0v) is 21.6. The van der Waals surface area contributed by atoms with Crippen molar-refractivity contribution in [2.75, 3.05) is 52.4 Å². The Morgan fingerprint density at radius 3 is 2.43 bits per heavy atom. The van der Waals surface area contributed by atoms with Gasteiger partial charge in [-0.05, 0) is 68.6 Å². The normalized spacial score (nSPS) is 20.3. The molecule has 2 aliphatic heterocycles. The molecule has 35 heavy (non-hydrogen) atoms. The molecule has 0 bridgehead atoms. The van der Waals surface area contributed by atoms with E-state index in [4.69, 9.17) is 14.2 Å². The number of rotatable bonds is 9. The number of methoxy groups -OCH3 is 3. The van der Waals surface area contributed by atoms with E-state index < -0.39 is 10.7 Å². The molecule has 0 aromatic heterocycles. The highest BCUT2D eigenvalue weighted by Gasteiger charge is 2.53. The number of carbonyl (C=O) groups is 2. The van der Waals surface area contributed by atoms with Gasteiger partial charge in [0.05, 0.1) is 27.0 Å². The maximum Gasteiger partial charge on any atom is 0.332 e. The summed E-state index contributed by atoms with van der Waals surface area (Å²) in [7, 11) is 4.54. The molecule has 1 saturated heterocycles. The summed E-state index contributed by atoms with van der Waals surface area (Å²) in [5.74, 6) is 0.545. The molecule has 1 unspecified atom stereocenters. The van der Waals surface area contributed by atoms with Crippen molar-refractivity contribution in [2.45, 2.75) is 41.7 Å². The molecular weight excluding hydrogens is 464 g/mol. The van der Waals surface area contributed by atoms with Crippen LogP contribution in [0.15, 0.2) is 47.4 Å². The summed E-state index contributed by atoms with van der Waals surface area (Å²) in [6, 6.07) is 13.5. The predicted octanol–water partition coefficient (Wildman–Crippen LogP) is 4.17. The Balaban J connectivity index is 1.62. The van der Waals surface area contributed by atoms with Gasteiger partial charge in [-0.3, -0.25) is 4.79 Å². The first-order valence-electron chi connectivity index (χ1n) is 12.1. The number of fused-ring (bicyclic) bond motifs is 1. The van der Waals surface area contributed by atoms with E-state index in [9.17, 15) is 9.59 Å². The third-order valence-corrected chi connectivity index (χ3v) is 8.31. The van der Waals surface area contributed by atoms with Crippen LogP contribution in [0, 0.1) is 0 Å². The van der Waals surface area contributed by atoms with Gasteiger partial charge in [-0.1, -0.05) is 36.4 Å². The van der Waals surface area contributed by atoms with E-state index >= 15 is 0 Å². The number of esters is 1. The van der Waals surface area contributed by atoms with Gasteiger partial charge in [-0.2, -0.15) is 0 Å². The second-order valence-electron chi connectivity index (χ2n) is 8.94. The van der Waals surface area contributed by atoms with Crippen LogP contribution in [0.1, 0.15) is 31.2 Å². The molecule has 0 N–H and O–H groups in total. The Hall–Kier alpha value is -2.71. The fourth-order valence-electron chi connectivity index (χ4n) is 4.88. The van der Waals surface area contributed by atoms with E-state index in [1.165, 1.54) is 38.1 Å². The summed E-state index contributed by atoms with van der Waals surface area (Å²) in [5, 5.41) is 0. The monoisotopic (exact) mass is 498 g/mol. The van der Waals surface area contributed by atoms with Crippen molar-refractivity contribution in [1.29, 1.82) is 0 Å². The molecule has 1 amide bonds. The third kappa shape index (κ3) is 5.28. The largest absolute Gasteiger partial charge is 0.493 e. The molecule has 0 aliphatic carbocycles. The highest BCUT2D eigenvalue weighted by molar-refractivity contribution is 8.02. The molecule has 1 atom stereocenters. The summed E-state index contributed by atoms with van der Waals surface area (Å²) >= 11 is 1.31. The molecule has 188 valence electrons. The van der Waals surface area contributed by atoms with Crippen molar-refractivity contribution in [2.24, 2.45) is 0 Å². The summed E-state index contributed by atoms with van der Waals surface area (Å²) in [4.78, 5) is 32.5. The van der Waals surface area contributed by atoms with Crippen molar-refractivity contribution in [3.8, 4) is 11.5 Å². The molecule has 0 radical (unpaired) electrons. The molecule has 2 heterocycles. The number of amides is 1. The van der Waals surface area contributed by atoms with Gasteiger partial charge in [0.15, 0.2) is 16.2 Å². The van der Waals surface area contributed by atoms with Gasteiger partial charge >= 0.3 is 5.97 Å². The zero-order chi connectivity index (χ0) is 24.8. The van der Waals surface area contributed by atoms with Crippen molar-refractivity contribution >= 4 is 29.3 Å². The van der Waals surface area contributed by atoms with E-state index in [0.29, 0.717) is 30.9 Å². The quantitative estimate of drug-likeness (QED) is 0.380. The lowest BCUT2D eigenvalue weighted by Crippen LogP contribution is -2.56. The highest BCUT2D eigenvalue weighted by Crippen LogP contribution is 2.48. The minimum atomic E-state index is -1.35. The molecule has 2 aromatic rings. The third-order valence-electron chi connectivity index (χ3n) is 6.85. The topological polar surface area (TPSA) is 68.3 Å². The number of hydrogen-bond donors (Lipinski definition) is 0. The van der Waals surface area contributed by atoms with Gasteiger partial charge in [0.1, 0.15) is 0 Å². The lowest BCUT2D eigenvalue weighted by molar-refractivity contribution is -0.147. The number of benzene rings is 2. The van der Waals surface area contributed by atoms with E-state index in [-0.39, 0.29) is 5.91 Å². The average molecular weight is 499 g/mol. The minimum Gasteiger partial charge on any atom is -0.493 e. The van der Waals surface area contributed by atoms with Gasteiger partial charge in [-0.25, -0.2) is 4.79 Å². The van der Waals surface area contributed by atoms with Crippen LogP contribution in [0.4, 0.5) is 5.69 Å². The second-order valence-corrected chi connectivity index (χ2v) is 10.3. The Kier molecular flexibility index (Phi) is 8.23. The maximum atomic E-state index is 14.1. The van der Waals surface area contributed by atoms with Crippen LogP contribution in [0.5, 0.6) is 11.5 Å². The zero-order valence-electron chi connectivity index (χ0n) is 20.7. The Bertz CT molecular complexity index is 1060. The number of carbonyl (C=O) groups excluding carboxylic acids is 2. The van der Waals surface area contributed by atoms with Gasteiger partial charge < -0.3 is 24.0 Å². The minimum absolute atomic E-state index is 0.203. The van der Waals surface area contributed by atoms with Crippen LogP contribution in [-0.2, 0) is 20.7 Å². The van der Waals surface area contributed by atoms with E-state index in [1.54, 1.807) is 19.1 Å². The van der Waals surface area contributed by atoms with Crippen LogP contribution >= 0.6 is 11.8 Å². The smallest absolute Gasteiger partial charge is 0.332 e. The lowest BCUT2D eigenvalue weighted by atomic mass is 9.95. The van der Waals surface area contributed by atoms with Gasteiger partial charge in [0.2, 0.25) is 0 Å². The summed E-state index contributed by atoms with van der Waals surface area (Å²) < 4.78 is 14.7. The van der Waals surface area contributed by atoms with Crippen molar-refractivity contribution in [3.63, 3.8) is 0 Å². The lowest BCUT2D eigenvalue weighted by Gasteiger charge is -2.41. The second kappa shape index (κ2) is 11.4. The number of nitrogens with zero attached hydrogens (tertiary/aromatic N) is 2. The molecule has 0 spiro atoms. The summed E-state index contributed by atoms with van der Waals surface area (Å²) in [6.07, 6.45) is 4.47. The fraction of sp³-hybridized carbons (Fsp3) is 0.481. The summed E-state index contributed by atoms with van der Waals surface area (Å²) in [5.41, 5.74) is 1.82. The van der Waals surface area contributed by atoms with Crippen LogP contribution in [-0.4, -0.2) is 69.0 Å². The molecule has 2 aliphatic rings. The van der Waals surface area contributed by atoms with Gasteiger partial charge in [0, 0.05) is 18.0 Å². The average Bonchev–Trinajstić information content (AvgIpc) is 2.91. The van der Waals surface area contributed by atoms with E-state index in [0.717, 1.165) is 35.8 Å². The van der Waals surface area contributed by atoms with Crippen LogP contribution in [0.3, 0.4) is 0 Å². The number of aryl methyl sites for hydroxylation is 1. The Labute approximate surface area is 211 Å². The fourth-order valence-corrected chi connectivity index (χ4v) is 6.26. The molecule has 0 saturated carbocycles. The first-order valence-corrected chi connectivity index (χ1v) is 13.0. The molecule has 1 fully saturated rings. The standard InChI is InChI=1S/C27H34N2O5S/c1-32-22-12-11-20(19-23(22)33-2)13-14-27(26(31)34-3)25(30)29(18-17-28-15-7-4-8-16-28)21-9-5-6-10-24(21)35-27/h5-6,9-12,19H,4,7-8,13-18H2,1-3H3. The van der Waals surface area contributed by atoms with E-state index in [2.05, 4.69) is 4.90 Å². The van der Waals surface area contributed by atoms with E-state index in [1.807, 2.05) is 42.5 Å². The molecule has 4 rings (SSSR count). The number of para-hydroxylation sites is 1. The number of ether oxygens (including phenoxy) is 3. The molecular formula is C27H34N2O5S. The molecule has 7 nitrogen and oxygen atoms in total. The predicted molar refractivity (Wildman–Crippen MR) is 138 cm³/mol. The van der Waals surface area contributed by atoms with Crippen molar-refractivity contribution < 1.29 is 23.8 Å². The number of piperidine rings is 1. The highest BCUT2D eigenvalue weighted by atomic mass is 32.2. The Morgan fingerprint density at radius 1 is 0.971 bits per heavy atom. The molecule has 2 aromatic carbocycles. The van der Waals surface area contributed by atoms with Crippen LogP contribution in [0.2, 0.25) is 0 Å². The number of hydrogen-bond acceptors (Lipinski definition) is 7. The van der Waals surface area contributed by atoms with Crippen LogP contribution in [0.25, 0.3) is 0 Å². The maximum absolute atomic E-state index is 14.1. The number of anilines is 1. The van der Waals surface area contributed by atoms with Crippen molar-refractivity contribution in [1.82, 2.24) is 4.90 Å².